The maximum absolute atomic E-state index is 6.30. The van der Waals surface area contributed by atoms with Crippen LogP contribution in [0.15, 0.2) is 24.3 Å². The van der Waals surface area contributed by atoms with Crippen molar-refractivity contribution in [2.45, 2.75) is 32.7 Å². The van der Waals surface area contributed by atoms with Crippen LogP contribution < -0.4 is 11.3 Å². The summed E-state index contributed by atoms with van der Waals surface area (Å²) in [5.41, 5.74) is 7.34. The maximum atomic E-state index is 6.30. The molecule has 0 amide bonds. The lowest BCUT2D eigenvalue weighted by Crippen LogP contribution is -2.39. The largest absolute Gasteiger partial charge is 0.271 e. The van der Waals surface area contributed by atoms with Crippen LogP contribution in [0.5, 0.6) is 0 Å². The van der Waals surface area contributed by atoms with Gasteiger partial charge in [-0.3, -0.25) is 16.0 Å². The second kappa shape index (κ2) is 6.39. The number of hydrogen-bond acceptors (Lipinski definition) is 3. The van der Waals surface area contributed by atoms with Gasteiger partial charge in [0.25, 0.3) is 0 Å². The lowest BCUT2D eigenvalue weighted by molar-refractivity contribution is 0.504. The molecule has 3 N–H and O–H groups in total. The molecule has 20 heavy (non-hydrogen) atoms. The number of hydrazine groups is 1. The minimum absolute atomic E-state index is 0.128. The van der Waals surface area contributed by atoms with E-state index in [0.717, 1.165) is 29.3 Å². The zero-order valence-corrected chi connectivity index (χ0v) is 12.9. The predicted molar refractivity (Wildman–Crippen MR) is 82.7 cm³/mol. The van der Waals surface area contributed by atoms with Crippen molar-refractivity contribution in [1.29, 1.82) is 0 Å². The fourth-order valence-electron chi connectivity index (χ4n) is 2.43. The molecule has 4 nitrogen and oxygen atoms in total. The van der Waals surface area contributed by atoms with Gasteiger partial charge in [0.05, 0.1) is 16.4 Å². The monoisotopic (exact) mass is 292 g/mol. The molecule has 0 aliphatic rings. The molecular formula is C15H21ClN4. The molecule has 2 aromatic rings. The normalized spacial score (nSPS) is 12.7. The molecule has 1 aromatic heterocycles. The molecule has 0 saturated heterocycles. The Morgan fingerprint density at radius 3 is 2.55 bits per heavy atom. The van der Waals surface area contributed by atoms with Crippen LogP contribution in [-0.4, -0.2) is 15.8 Å². The Kier molecular flexibility index (Phi) is 4.81. The van der Waals surface area contributed by atoms with Gasteiger partial charge in [0.15, 0.2) is 0 Å². The quantitative estimate of drug-likeness (QED) is 0.657. The van der Waals surface area contributed by atoms with Crippen molar-refractivity contribution < 1.29 is 0 Å². The van der Waals surface area contributed by atoms with E-state index in [1.807, 2.05) is 24.7 Å². The zero-order valence-electron chi connectivity index (χ0n) is 12.2. The number of nitrogens with two attached hydrogens (primary N) is 1. The van der Waals surface area contributed by atoms with E-state index in [4.69, 9.17) is 17.4 Å². The van der Waals surface area contributed by atoms with Crippen molar-refractivity contribution in [3.63, 3.8) is 0 Å². The SMILES string of the molecule is Cc1ccccc1CC(Cc1c(Cl)c(C)nn1C)NN. The van der Waals surface area contributed by atoms with Crippen LogP contribution in [-0.2, 0) is 19.9 Å². The number of benzene rings is 1. The van der Waals surface area contributed by atoms with Crippen molar-refractivity contribution in [1.82, 2.24) is 15.2 Å². The topological polar surface area (TPSA) is 55.9 Å². The first-order valence-corrected chi connectivity index (χ1v) is 7.09. The number of nitrogens with one attached hydrogen (secondary N) is 1. The average Bonchev–Trinajstić information content (AvgIpc) is 2.66. The molecule has 0 spiro atoms. The molecular weight excluding hydrogens is 272 g/mol. The Morgan fingerprint density at radius 1 is 1.30 bits per heavy atom. The van der Waals surface area contributed by atoms with E-state index in [2.05, 4.69) is 35.6 Å². The Hall–Kier alpha value is -1.36. The van der Waals surface area contributed by atoms with Crippen LogP contribution in [0.25, 0.3) is 0 Å². The first kappa shape index (κ1) is 15.0. The highest BCUT2D eigenvalue weighted by atomic mass is 35.5. The molecule has 0 saturated carbocycles. The summed E-state index contributed by atoms with van der Waals surface area (Å²) in [5.74, 6) is 5.70. The van der Waals surface area contributed by atoms with Gasteiger partial charge < -0.3 is 0 Å². The summed E-state index contributed by atoms with van der Waals surface area (Å²) in [4.78, 5) is 0. The third-order valence-electron chi connectivity index (χ3n) is 3.66. The highest BCUT2D eigenvalue weighted by molar-refractivity contribution is 6.31. The first-order valence-electron chi connectivity index (χ1n) is 6.71. The van der Waals surface area contributed by atoms with E-state index < -0.39 is 0 Å². The van der Waals surface area contributed by atoms with Gasteiger partial charge in [-0.25, -0.2) is 0 Å². The highest BCUT2D eigenvalue weighted by Crippen LogP contribution is 2.21. The summed E-state index contributed by atoms with van der Waals surface area (Å²) < 4.78 is 1.83. The van der Waals surface area contributed by atoms with E-state index in [0.29, 0.717) is 0 Å². The van der Waals surface area contributed by atoms with Gasteiger partial charge in [-0.1, -0.05) is 35.9 Å². The molecule has 0 fully saturated rings. The maximum Gasteiger partial charge on any atom is 0.0847 e. The molecule has 5 heteroatoms. The molecule has 1 aromatic carbocycles. The number of nitrogens with zero attached hydrogens (tertiary/aromatic N) is 2. The molecule has 0 aliphatic heterocycles. The summed E-state index contributed by atoms with van der Waals surface area (Å²) in [6.45, 7) is 4.03. The summed E-state index contributed by atoms with van der Waals surface area (Å²) in [5, 5.41) is 5.07. The molecule has 1 atom stereocenters. The molecule has 0 radical (unpaired) electrons. The summed E-state index contributed by atoms with van der Waals surface area (Å²) in [6.07, 6.45) is 1.62. The van der Waals surface area contributed by atoms with Crippen LogP contribution in [0.4, 0.5) is 0 Å². The van der Waals surface area contributed by atoms with Gasteiger partial charge in [0.2, 0.25) is 0 Å². The van der Waals surface area contributed by atoms with Gasteiger partial charge in [0, 0.05) is 19.5 Å². The Balaban J connectivity index is 2.15. The van der Waals surface area contributed by atoms with Gasteiger partial charge >= 0.3 is 0 Å². The lowest BCUT2D eigenvalue weighted by Gasteiger charge is -2.17. The number of rotatable bonds is 5. The molecule has 2 rings (SSSR count). The van der Waals surface area contributed by atoms with Gasteiger partial charge in [-0.15, -0.1) is 0 Å². The van der Waals surface area contributed by atoms with Crippen LogP contribution in [0, 0.1) is 13.8 Å². The minimum Gasteiger partial charge on any atom is -0.271 e. The third-order valence-corrected chi connectivity index (χ3v) is 4.16. The third kappa shape index (κ3) is 3.20. The van der Waals surface area contributed by atoms with Gasteiger partial charge in [-0.2, -0.15) is 5.10 Å². The van der Waals surface area contributed by atoms with Crippen LogP contribution in [0.2, 0.25) is 5.02 Å². The van der Waals surface area contributed by atoms with Crippen molar-refractivity contribution in [2.75, 3.05) is 0 Å². The fraction of sp³-hybridized carbons (Fsp3) is 0.400. The molecule has 108 valence electrons. The van der Waals surface area contributed by atoms with Crippen LogP contribution >= 0.6 is 11.6 Å². The van der Waals surface area contributed by atoms with Gasteiger partial charge in [0.1, 0.15) is 0 Å². The average molecular weight is 293 g/mol. The van der Waals surface area contributed by atoms with Crippen molar-refractivity contribution in [3.8, 4) is 0 Å². The standard InChI is InChI=1S/C15H21ClN4/c1-10-6-4-5-7-12(10)8-13(18-17)9-14-15(16)11(2)19-20(14)3/h4-7,13,18H,8-9,17H2,1-3H3. The van der Waals surface area contributed by atoms with E-state index in [9.17, 15) is 0 Å². The number of hydrogen-bond donors (Lipinski definition) is 2. The summed E-state index contributed by atoms with van der Waals surface area (Å²) >= 11 is 6.30. The van der Waals surface area contributed by atoms with Crippen LogP contribution in [0.1, 0.15) is 22.5 Å². The Labute approximate surface area is 124 Å². The smallest absolute Gasteiger partial charge is 0.0847 e. The second-order valence-electron chi connectivity index (χ2n) is 5.17. The van der Waals surface area contributed by atoms with E-state index in [1.165, 1.54) is 11.1 Å². The number of aromatic nitrogens is 2. The lowest BCUT2D eigenvalue weighted by atomic mass is 9.98. The second-order valence-corrected chi connectivity index (χ2v) is 5.55. The van der Waals surface area contributed by atoms with E-state index >= 15 is 0 Å². The Bertz CT molecular complexity index is 592. The fourth-order valence-corrected chi connectivity index (χ4v) is 2.67. The van der Waals surface area contributed by atoms with Crippen molar-refractivity contribution in [2.24, 2.45) is 12.9 Å². The van der Waals surface area contributed by atoms with E-state index in [-0.39, 0.29) is 6.04 Å². The molecule has 0 bridgehead atoms. The predicted octanol–water partition coefficient (Wildman–Crippen LogP) is 2.31. The summed E-state index contributed by atoms with van der Waals surface area (Å²) in [7, 11) is 1.91. The highest BCUT2D eigenvalue weighted by Gasteiger charge is 2.17. The molecule has 0 aliphatic carbocycles. The van der Waals surface area contributed by atoms with Crippen molar-refractivity contribution in [3.05, 3.63) is 51.8 Å². The molecule has 1 heterocycles. The number of aryl methyl sites for hydroxylation is 3. The Morgan fingerprint density at radius 2 is 2.00 bits per heavy atom. The van der Waals surface area contributed by atoms with Gasteiger partial charge in [-0.05, 0) is 31.4 Å². The first-order chi connectivity index (χ1) is 9.52. The molecule has 1 unspecified atom stereocenters. The minimum atomic E-state index is 0.128. The van der Waals surface area contributed by atoms with Crippen LogP contribution in [0.3, 0.4) is 0 Å². The van der Waals surface area contributed by atoms with E-state index in [1.54, 1.807) is 0 Å². The zero-order chi connectivity index (χ0) is 14.7. The summed E-state index contributed by atoms with van der Waals surface area (Å²) in [6, 6.07) is 8.48. The van der Waals surface area contributed by atoms with Crippen molar-refractivity contribution >= 4 is 11.6 Å². The number of halogens is 1.